The standard InChI is InChI=1S/C28H30N2O5/c1-33-22-15-24-19(8-5-10-25(24)29-16-22)7-4-9-20-12-13-30(18-27(20)35-28(31)32)17-23-14-21-6-2-3-11-26(21)34-23/h2-3,5-6,8,10-11,14-16,20,27H,4,7,9,12-13,17-18H2,1H3,(H,31,32)/t20-,27-/m0/s1. The smallest absolute Gasteiger partial charge is 0.495 e. The number of pyridine rings is 1. The fourth-order valence-electron chi connectivity index (χ4n) is 5.18. The van der Waals surface area contributed by atoms with E-state index in [2.05, 4.69) is 22.0 Å². The SMILES string of the molecule is COc1cnc2cccc(CCC[C@H]3CCN(Cc4cc5ccccc5o4)C[C@@H]3OC(=O)O)c2c1. The van der Waals surface area contributed by atoms with Gasteiger partial charge in [-0.1, -0.05) is 30.3 Å². The number of piperidine rings is 1. The summed E-state index contributed by atoms with van der Waals surface area (Å²) in [6.45, 7) is 2.10. The summed E-state index contributed by atoms with van der Waals surface area (Å²) in [4.78, 5) is 18.1. The summed E-state index contributed by atoms with van der Waals surface area (Å²) in [7, 11) is 1.65. The van der Waals surface area contributed by atoms with Crippen molar-refractivity contribution < 1.29 is 23.8 Å². The largest absolute Gasteiger partial charge is 0.506 e. The third-order valence-corrected chi connectivity index (χ3v) is 6.94. The maximum Gasteiger partial charge on any atom is 0.506 e. The van der Waals surface area contributed by atoms with Gasteiger partial charge in [0.1, 0.15) is 23.2 Å². The molecule has 0 unspecified atom stereocenters. The van der Waals surface area contributed by atoms with Crippen molar-refractivity contribution in [1.82, 2.24) is 9.88 Å². The first kappa shape index (κ1) is 23.2. The minimum absolute atomic E-state index is 0.195. The quantitative estimate of drug-likeness (QED) is 0.318. The first-order valence-corrected chi connectivity index (χ1v) is 12.1. The van der Waals surface area contributed by atoms with Crippen molar-refractivity contribution in [2.45, 2.75) is 38.3 Å². The Morgan fingerprint density at radius 3 is 2.91 bits per heavy atom. The number of para-hydroxylation sites is 1. The lowest BCUT2D eigenvalue weighted by Crippen LogP contribution is -2.45. The van der Waals surface area contributed by atoms with Gasteiger partial charge in [0.15, 0.2) is 0 Å². The first-order valence-electron chi connectivity index (χ1n) is 12.1. The molecule has 2 aromatic heterocycles. The van der Waals surface area contributed by atoms with Crippen molar-refractivity contribution in [3.63, 3.8) is 0 Å². The van der Waals surface area contributed by atoms with E-state index in [1.165, 1.54) is 5.56 Å². The highest BCUT2D eigenvalue weighted by Crippen LogP contribution is 2.29. The van der Waals surface area contributed by atoms with Crippen LogP contribution in [0, 0.1) is 5.92 Å². The van der Waals surface area contributed by atoms with Gasteiger partial charge >= 0.3 is 6.16 Å². The fraction of sp³-hybridized carbons (Fsp3) is 0.357. The second-order valence-electron chi connectivity index (χ2n) is 9.21. The molecule has 0 saturated carbocycles. The monoisotopic (exact) mass is 474 g/mol. The highest BCUT2D eigenvalue weighted by atomic mass is 16.7. The molecule has 182 valence electrons. The van der Waals surface area contributed by atoms with Crippen LogP contribution in [0.3, 0.4) is 0 Å². The molecule has 0 radical (unpaired) electrons. The van der Waals surface area contributed by atoms with Crippen LogP contribution >= 0.6 is 0 Å². The van der Waals surface area contributed by atoms with Gasteiger partial charge in [0.2, 0.25) is 0 Å². The molecule has 0 spiro atoms. The average Bonchev–Trinajstić information content (AvgIpc) is 3.27. The summed E-state index contributed by atoms with van der Waals surface area (Å²) in [6.07, 6.45) is 3.82. The van der Waals surface area contributed by atoms with Crippen LogP contribution in [0.1, 0.15) is 30.6 Å². The van der Waals surface area contributed by atoms with E-state index in [0.717, 1.165) is 65.6 Å². The lowest BCUT2D eigenvalue weighted by molar-refractivity contribution is -0.0239. The number of furan rings is 1. The summed E-state index contributed by atoms with van der Waals surface area (Å²) in [5.41, 5.74) is 3.05. The zero-order valence-electron chi connectivity index (χ0n) is 19.9. The van der Waals surface area contributed by atoms with E-state index in [-0.39, 0.29) is 12.0 Å². The van der Waals surface area contributed by atoms with Crippen molar-refractivity contribution in [3.8, 4) is 5.75 Å². The topological polar surface area (TPSA) is 85.0 Å². The molecule has 0 amide bonds. The van der Waals surface area contributed by atoms with E-state index in [4.69, 9.17) is 13.9 Å². The number of hydrogen-bond donors (Lipinski definition) is 1. The molecule has 0 aliphatic carbocycles. The third kappa shape index (κ3) is 5.41. The Morgan fingerprint density at radius 1 is 1.20 bits per heavy atom. The number of nitrogens with zero attached hydrogens (tertiary/aromatic N) is 2. The lowest BCUT2D eigenvalue weighted by Gasteiger charge is -2.37. The van der Waals surface area contributed by atoms with Crippen molar-refractivity contribution in [1.29, 1.82) is 0 Å². The number of likely N-dealkylation sites (tertiary alicyclic amines) is 1. The normalized spacial score (nSPS) is 18.7. The van der Waals surface area contributed by atoms with Gasteiger partial charge in [-0.25, -0.2) is 4.79 Å². The van der Waals surface area contributed by atoms with E-state index in [1.807, 2.05) is 42.5 Å². The predicted molar refractivity (Wildman–Crippen MR) is 134 cm³/mol. The molecule has 5 rings (SSSR count). The van der Waals surface area contributed by atoms with Crippen LogP contribution in [0.15, 0.2) is 65.2 Å². The molecule has 1 aliphatic rings. The second kappa shape index (κ2) is 10.4. The number of carboxylic acid groups (broad SMARTS) is 1. The molecule has 1 fully saturated rings. The number of aromatic nitrogens is 1. The highest BCUT2D eigenvalue weighted by Gasteiger charge is 2.32. The summed E-state index contributed by atoms with van der Waals surface area (Å²) in [5, 5.41) is 11.5. The zero-order valence-corrected chi connectivity index (χ0v) is 19.9. The van der Waals surface area contributed by atoms with Crippen molar-refractivity contribution in [2.75, 3.05) is 20.2 Å². The predicted octanol–water partition coefficient (Wildman–Crippen LogP) is 5.90. The number of benzene rings is 2. The zero-order chi connectivity index (χ0) is 24.2. The second-order valence-corrected chi connectivity index (χ2v) is 9.21. The van der Waals surface area contributed by atoms with Crippen LogP contribution in [0.5, 0.6) is 5.75 Å². The summed E-state index contributed by atoms with van der Waals surface area (Å²) in [5.74, 6) is 1.83. The molecule has 0 bridgehead atoms. The number of carbonyl (C=O) groups is 1. The Labute approximate surface area is 204 Å². The van der Waals surface area contributed by atoms with Crippen molar-refractivity contribution in [2.24, 2.45) is 5.92 Å². The average molecular weight is 475 g/mol. The molecule has 3 heterocycles. The van der Waals surface area contributed by atoms with E-state index in [9.17, 15) is 9.90 Å². The van der Waals surface area contributed by atoms with Gasteiger partial charge in [-0.2, -0.15) is 0 Å². The Kier molecular flexibility index (Phi) is 6.86. The fourth-order valence-corrected chi connectivity index (χ4v) is 5.18. The van der Waals surface area contributed by atoms with Gasteiger partial charge < -0.3 is 19.0 Å². The van der Waals surface area contributed by atoms with Crippen LogP contribution in [-0.2, 0) is 17.7 Å². The molecule has 1 N–H and O–H groups in total. The van der Waals surface area contributed by atoms with Gasteiger partial charge in [0.05, 0.1) is 25.4 Å². The van der Waals surface area contributed by atoms with Gasteiger partial charge in [-0.05, 0) is 68.0 Å². The molecular formula is C28H30N2O5. The maximum atomic E-state index is 11.4. The number of fused-ring (bicyclic) bond motifs is 2. The number of rotatable bonds is 8. The lowest BCUT2D eigenvalue weighted by atomic mass is 9.88. The first-order chi connectivity index (χ1) is 17.1. The van der Waals surface area contributed by atoms with Crippen LogP contribution in [-0.4, -0.2) is 47.4 Å². The highest BCUT2D eigenvalue weighted by molar-refractivity contribution is 5.83. The summed E-state index contributed by atoms with van der Waals surface area (Å²) >= 11 is 0. The minimum atomic E-state index is -1.21. The maximum absolute atomic E-state index is 11.4. The van der Waals surface area contributed by atoms with Crippen LogP contribution < -0.4 is 4.74 Å². The van der Waals surface area contributed by atoms with E-state index >= 15 is 0 Å². The Balaban J connectivity index is 1.22. The molecule has 1 saturated heterocycles. The Morgan fingerprint density at radius 2 is 2.09 bits per heavy atom. The molecule has 1 aliphatic heterocycles. The molecular weight excluding hydrogens is 444 g/mol. The number of hydrogen-bond acceptors (Lipinski definition) is 6. The van der Waals surface area contributed by atoms with E-state index < -0.39 is 6.16 Å². The Bertz CT molecular complexity index is 1280. The van der Waals surface area contributed by atoms with Crippen molar-refractivity contribution in [3.05, 3.63) is 72.1 Å². The van der Waals surface area contributed by atoms with Crippen molar-refractivity contribution >= 4 is 28.0 Å². The number of aryl methyl sites for hydroxylation is 1. The van der Waals surface area contributed by atoms with Crippen LogP contribution in [0.2, 0.25) is 0 Å². The third-order valence-electron chi connectivity index (χ3n) is 6.94. The van der Waals surface area contributed by atoms with E-state index in [1.54, 1.807) is 13.3 Å². The summed E-state index contributed by atoms with van der Waals surface area (Å²) in [6, 6.07) is 18.2. The molecule has 7 nitrogen and oxygen atoms in total. The number of ether oxygens (including phenoxy) is 2. The molecule has 7 heteroatoms. The molecule has 2 atom stereocenters. The van der Waals surface area contributed by atoms with Crippen LogP contribution in [0.25, 0.3) is 21.9 Å². The van der Waals surface area contributed by atoms with Gasteiger partial charge in [-0.15, -0.1) is 0 Å². The van der Waals surface area contributed by atoms with Gasteiger partial charge in [0.25, 0.3) is 0 Å². The van der Waals surface area contributed by atoms with Gasteiger partial charge in [-0.3, -0.25) is 9.88 Å². The van der Waals surface area contributed by atoms with E-state index in [0.29, 0.717) is 13.1 Å². The Hall–Kier alpha value is -3.58. The van der Waals surface area contributed by atoms with Crippen LogP contribution in [0.4, 0.5) is 4.79 Å². The molecule has 2 aromatic carbocycles. The van der Waals surface area contributed by atoms with Gasteiger partial charge in [0, 0.05) is 17.3 Å². The minimum Gasteiger partial charge on any atom is -0.495 e. The summed E-state index contributed by atoms with van der Waals surface area (Å²) < 4.78 is 16.7. The molecule has 35 heavy (non-hydrogen) atoms. The molecule has 4 aromatic rings. The number of methoxy groups -OCH3 is 1.